The topological polar surface area (TPSA) is 50.5 Å². The van der Waals surface area contributed by atoms with Crippen molar-refractivity contribution >= 4 is 12.1 Å². The van der Waals surface area contributed by atoms with Crippen molar-refractivity contribution in [2.75, 3.05) is 13.1 Å². The number of carbonyl (C=O) groups excluding carboxylic acids is 1. The van der Waals surface area contributed by atoms with Gasteiger partial charge in [-0.05, 0) is 51.0 Å². The zero-order valence-corrected chi connectivity index (χ0v) is 16.8. The molecule has 3 heterocycles. The highest BCUT2D eigenvalue weighted by molar-refractivity contribution is 5.48. The summed E-state index contributed by atoms with van der Waals surface area (Å²) in [7, 11) is 0. The molecule has 5 nitrogen and oxygen atoms in total. The zero-order valence-electron chi connectivity index (χ0n) is 16.8. The molecule has 0 spiro atoms. The van der Waals surface area contributed by atoms with E-state index in [0.29, 0.717) is 25.3 Å². The second kappa shape index (κ2) is 7.61. The number of halogens is 3. The van der Waals surface area contributed by atoms with E-state index < -0.39 is 12.1 Å². The summed E-state index contributed by atoms with van der Waals surface area (Å²) in [6.07, 6.45) is -0.941. The second-order valence-electron chi connectivity index (χ2n) is 8.72. The molecule has 4 rings (SSSR count). The van der Waals surface area contributed by atoms with Crippen molar-refractivity contribution in [3.05, 3.63) is 29.2 Å². The lowest BCUT2D eigenvalue weighted by Crippen LogP contribution is -2.38. The highest BCUT2D eigenvalue weighted by atomic mass is 19.4. The molecule has 1 saturated carbocycles. The minimum absolute atomic E-state index is 0.0405. The molecule has 0 bridgehead atoms. The average Bonchev–Trinajstić information content (AvgIpc) is 3.11. The third kappa shape index (κ3) is 3.98. The van der Waals surface area contributed by atoms with Crippen molar-refractivity contribution in [3.63, 3.8) is 0 Å². The molecule has 0 radical (unpaired) electrons. The Labute approximate surface area is 168 Å². The first-order valence-corrected chi connectivity index (χ1v) is 10.4. The van der Waals surface area contributed by atoms with Gasteiger partial charge >= 0.3 is 6.18 Å². The largest absolute Gasteiger partial charge is 0.391 e. The number of hydrogen-bond donors (Lipinski definition) is 0. The molecule has 1 aliphatic carbocycles. The molecule has 0 unspecified atom stereocenters. The molecule has 2 aromatic rings. The number of fused-ring (bicyclic) bond motifs is 1. The van der Waals surface area contributed by atoms with Crippen LogP contribution in [0.3, 0.4) is 0 Å². The van der Waals surface area contributed by atoms with Crippen molar-refractivity contribution in [3.8, 4) is 0 Å². The van der Waals surface area contributed by atoms with E-state index in [0.717, 1.165) is 42.1 Å². The Morgan fingerprint density at radius 1 is 1.14 bits per heavy atom. The Hall–Kier alpha value is -2.12. The van der Waals surface area contributed by atoms with Crippen molar-refractivity contribution < 1.29 is 18.0 Å². The Balaban J connectivity index is 1.63. The molecular formula is C21H27F3N4O. The molecule has 8 heteroatoms. The highest BCUT2D eigenvalue weighted by Crippen LogP contribution is 2.43. The lowest BCUT2D eigenvalue weighted by molar-refractivity contribution is -0.182. The van der Waals surface area contributed by atoms with E-state index in [1.54, 1.807) is 4.90 Å². The number of carbonyl (C=O) groups is 1. The minimum atomic E-state index is -4.10. The molecule has 2 fully saturated rings. The van der Waals surface area contributed by atoms with Crippen LogP contribution in [0.25, 0.3) is 5.65 Å². The molecule has 0 aromatic carbocycles. The number of likely N-dealkylation sites (tertiary alicyclic amines) is 1. The minimum Gasteiger partial charge on any atom is -0.345 e. The lowest BCUT2D eigenvalue weighted by Gasteiger charge is -2.35. The number of rotatable bonds is 3. The summed E-state index contributed by atoms with van der Waals surface area (Å²) in [5, 5.41) is 4.79. The highest BCUT2D eigenvalue weighted by Gasteiger charge is 2.42. The predicted molar refractivity (Wildman–Crippen MR) is 103 cm³/mol. The van der Waals surface area contributed by atoms with Gasteiger partial charge in [-0.2, -0.15) is 18.3 Å². The van der Waals surface area contributed by atoms with Gasteiger partial charge in [0.15, 0.2) is 5.65 Å². The van der Waals surface area contributed by atoms with E-state index in [2.05, 4.69) is 11.9 Å². The quantitative estimate of drug-likeness (QED) is 0.705. The summed E-state index contributed by atoms with van der Waals surface area (Å²) in [5.74, 6) is -0.583. The maximum Gasteiger partial charge on any atom is 0.391 e. The van der Waals surface area contributed by atoms with Crippen LogP contribution in [0.2, 0.25) is 0 Å². The van der Waals surface area contributed by atoms with E-state index in [4.69, 9.17) is 5.10 Å². The molecule has 2 atom stereocenters. The summed E-state index contributed by atoms with van der Waals surface area (Å²) >= 11 is 0. The second-order valence-corrected chi connectivity index (χ2v) is 8.72. The van der Waals surface area contributed by atoms with E-state index in [9.17, 15) is 18.0 Å². The molecule has 2 aromatic heterocycles. The van der Waals surface area contributed by atoms with Crippen LogP contribution in [0.5, 0.6) is 0 Å². The predicted octanol–water partition coefficient (Wildman–Crippen LogP) is 4.46. The Morgan fingerprint density at radius 3 is 2.52 bits per heavy atom. The van der Waals surface area contributed by atoms with Gasteiger partial charge in [-0.15, -0.1) is 0 Å². The smallest absolute Gasteiger partial charge is 0.345 e. The number of nitrogens with zero attached hydrogens (tertiary/aromatic N) is 4. The van der Waals surface area contributed by atoms with Crippen LogP contribution in [-0.4, -0.2) is 45.2 Å². The normalized spacial score (nSPS) is 28.7. The van der Waals surface area contributed by atoms with Crippen LogP contribution >= 0.6 is 0 Å². The molecule has 1 aliphatic heterocycles. The summed E-state index contributed by atoms with van der Waals surface area (Å²) in [4.78, 5) is 17.7. The molecule has 1 amide bonds. The Kier molecular flexibility index (Phi) is 5.29. The number of alkyl halides is 3. The molecule has 2 aliphatic rings. The third-order valence-electron chi connectivity index (χ3n) is 6.73. The van der Waals surface area contributed by atoms with Crippen LogP contribution in [0.1, 0.15) is 67.9 Å². The Morgan fingerprint density at radius 2 is 1.86 bits per heavy atom. The lowest BCUT2D eigenvalue weighted by atomic mass is 9.80. The first kappa shape index (κ1) is 20.2. The van der Waals surface area contributed by atoms with Crippen molar-refractivity contribution in [2.45, 2.75) is 64.0 Å². The number of aromatic nitrogens is 3. The van der Waals surface area contributed by atoms with Gasteiger partial charge in [0.2, 0.25) is 6.41 Å². The van der Waals surface area contributed by atoms with Crippen LogP contribution in [0.15, 0.2) is 12.1 Å². The SMILES string of the molecule is Cc1cc([C@@H]2CN(C=O)CC[C@@H]2C)n2nc([C@H]3CC[C@H](C(F)(F)F)CC3)cc2n1. The summed E-state index contributed by atoms with van der Waals surface area (Å²) < 4.78 is 40.8. The molecule has 1 saturated heterocycles. The third-order valence-corrected chi connectivity index (χ3v) is 6.73. The van der Waals surface area contributed by atoms with Gasteiger partial charge < -0.3 is 4.90 Å². The van der Waals surface area contributed by atoms with Crippen LogP contribution in [0.4, 0.5) is 13.2 Å². The number of hydrogen-bond acceptors (Lipinski definition) is 3. The summed E-state index contributed by atoms with van der Waals surface area (Å²) in [6.45, 7) is 5.54. The first-order valence-electron chi connectivity index (χ1n) is 10.4. The van der Waals surface area contributed by atoms with Gasteiger partial charge in [-0.1, -0.05) is 6.92 Å². The molecule has 158 valence electrons. The monoisotopic (exact) mass is 408 g/mol. The number of aryl methyl sites for hydroxylation is 1. The van der Waals surface area contributed by atoms with Crippen molar-refractivity contribution in [2.24, 2.45) is 11.8 Å². The number of piperidine rings is 1. The summed E-state index contributed by atoms with van der Waals surface area (Å²) in [6, 6.07) is 3.96. The molecule has 0 N–H and O–H groups in total. The van der Waals surface area contributed by atoms with Gasteiger partial charge in [-0.3, -0.25) is 4.79 Å². The van der Waals surface area contributed by atoms with Crippen LogP contribution in [0, 0.1) is 18.8 Å². The van der Waals surface area contributed by atoms with Gasteiger partial charge in [-0.25, -0.2) is 9.50 Å². The molecule has 29 heavy (non-hydrogen) atoms. The fourth-order valence-electron chi connectivity index (χ4n) is 4.90. The maximum atomic E-state index is 13.0. The zero-order chi connectivity index (χ0) is 20.8. The molecular weight excluding hydrogens is 381 g/mol. The van der Waals surface area contributed by atoms with Gasteiger partial charge in [0.1, 0.15) is 0 Å². The fourth-order valence-corrected chi connectivity index (χ4v) is 4.90. The van der Waals surface area contributed by atoms with E-state index in [1.165, 1.54) is 0 Å². The summed E-state index contributed by atoms with van der Waals surface area (Å²) in [5.41, 5.74) is 3.49. The van der Waals surface area contributed by atoms with E-state index >= 15 is 0 Å². The van der Waals surface area contributed by atoms with E-state index in [1.807, 2.05) is 23.6 Å². The standard InChI is InChI=1S/C21H27F3N4O/c1-13-7-8-27(12-29)11-17(13)19-9-14(2)25-20-10-18(26-28(19)20)15-3-5-16(6-4-15)21(22,23)24/h9-10,12-13,15-17H,3-8,11H2,1-2H3/t13-,15-,16-,17+/m0/s1. The Bertz CT molecular complexity index is 886. The van der Waals surface area contributed by atoms with Crippen molar-refractivity contribution in [1.29, 1.82) is 0 Å². The van der Waals surface area contributed by atoms with Crippen molar-refractivity contribution in [1.82, 2.24) is 19.5 Å². The van der Waals surface area contributed by atoms with E-state index in [-0.39, 0.29) is 24.7 Å². The van der Waals surface area contributed by atoms with Gasteiger partial charge in [0, 0.05) is 36.7 Å². The van der Waals surface area contributed by atoms with Crippen LogP contribution < -0.4 is 0 Å². The number of amides is 1. The van der Waals surface area contributed by atoms with Gasteiger partial charge in [0.05, 0.1) is 17.3 Å². The maximum absolute atomic E-state index is 13.0. The van der Waals surface area contributed by atoms with Gasteiger partial charge in [0.25, 0.3) is 0 Å². The average molecular weight is 408 g/mol. The fraction of sp³-hybridized carbons (Fsp3) is 0.667. The first-order chi connectivity index (χ1) is 13.8. The van der Waals surface area contributed by atoms with Crippen LogP contribution in [-0.2, 0) is 4.79 Å².